The Labute approximate surface area is 165 Å². The van der Waals surface area contributed by atoms with Gasteiger partial charge in [-0.1, -0.05) is 30.3 Å². The van der Waals surface area contributed by atoms with E-state index < -0.39 is 10.0 Å². The van der Waals surface area contributed by atoms with Gasteiger partial charge in [-0.2, -0.15) is 5.10 Å². The molecule has 1 aliphatic carbocycles. The van der Waals surface area contributed by atoms with E-state index in [-0.39, 0.29) is 10.9 Å². The molecule has 1 aromatic carbocycles. The van der Waals surface area contributed by atoms with Gasteiger partial charge in [0.1, 0.15) is 4.90 Å². The van der Waals surface area contributed by atoms with Crippen molar-refractivity contribution in [1.82, 2.24) is 19.5 Å². The lowest BCUT2D eigenvalue weighted by Gasteiger charge is -2.29. The van der Waals surface area contributed by atoms with Gasteiger partial charge < -0.3 is 0 Å². The third-order valence-corrected chi connectivity index (χ3v) is 6.81. The second-order valence-corrected chi connectivity index (χ2v) is 9.02. The summed E-state index contributed by atoms with van der Waals surface area (Å²) in [6.07, 6.45) is 10.3. The summed E-state index contributed by atoms with van der Waals surface area (Å²) in [4.78, 5) is 4.29. The van der Waals surface area contributed by atoms with Crippen molar-refractivity contribution >= 4 is 10.0 Å². The second kappa shape index (κ2) is 8.24. The van der Waals surface area contributed by atoms with Crippen LogP contribution in [0.1, 0.15) is 42.7 Å². The molecule has 1 aliphatic rings. The van der Waals surface area contributed by atoms with Gasteiger partial charge in [-0.25, -0.2) is 13.1 Å². The van der Waals surface area contributed by atoms with Crippen LogP contribution in [0, 0.1) is 0 Å². The summed E-state index contributed by atoms with van der Waals surface area (Å²) in [6.45, 7) is 0.549. The van der Waals surface area contributed by atoms with E-state index in [1.807, 2.05) is 42.7 Å². The van der Waals surface area contributed by atoms with Gasteiger partial charge in [-0.3, -0.25) is 9.67 Å². The molecule has 28 heavy (non-hydrogen) atoms. The van der Waals surface area contributed by atoms with Crippen LogP contribution < -0.4 is 4.72 Å². The average Bonchev–Trinajstić information content (AvgIpc) is 3.19. The molecule has 0 amide bonds. The van der Waals surface area contributed by atoms with E-state index in [4.69, 9.17) is 0 Å². The maximum absolute atomic E-state index is 12.7. The first-order valence-electron chi connectivity index (χ1n) is 9.59. The van der Waals surface area contributed by atoms with Gasteiger partial charge in [0.15, 0.2) is 0 Å². The van der Waals surface area contributed by atoms with Gasteiger partial charge in [-0.05, 0) is 54.9 Å². The van der Waals surface area contributed by atoms with Gasteiger partial charge in [0.05, 0.1) is 12.7 Å². The van der Waals surface area contributed by atoms with Crippen molar-refractivity contribution in [3.05, 3.63) is 78.4 Å². The third kappa shape index (κ3) is 4.48. The number of nitrogens with one attached hydrogen (secondary N) is 1. The lowest BCUT2D eigenvalue weighted by atomic mass is 9.82. The van der Waals surface area contributed by atoms with Crippen LogP contribution in [0.5, 0.6) is 0 Å². The first-order chi connectivity index (χ1) is 13.6. The Balaban J connectivity index is 1.36. The molecule has 0 atom stereocenters. The highest BCUT2D eigenvalue weighted by atomic mass is 32.2. The molecule has 0 saturated heterocycles. The minimum Gasteiger partial charge on any atom is -0.267 e. The Morgan fingerprint density at radius 1 is 1.00 bits per heavy atom. The fourth-order valence-corrected chi connectivity index (χ4v) is 5.06. The van der Waals surface area contributed by atoms with Gasteiger partial charge >= 0.3 is 0 Å². The summed E-state index contributed by atoms with van der Waals surface area (Å²) >= 11 is 0. The van der Waals surface area contributed by atoms with Crippen LogP contribution in [0.15, 0.2) is 72.1 Å². The molecule has 1 N–H and O–H groups in total. The van der Waals surface area contributed by atoms with E-state index in [0.29, 0.717) is 12.5 Å². The molecule has 2 aromatic heterocycles. The number of benzene rings is 1. The van der Waals surface area contributed by atoms with Crippen molar-refractivity contribution < 1.29 is 8.42 Å². The Morgan fingerprint density at radius 2 is 1.71 bits per heavy atom. The monoisotopic (exact) mass is 396 g/mol. The molecule has 146 valence electrons. The predicted octanol–water partition coefficient (Wildman–Crippen LogP) is 3.33. The van der Waals surface area contributed by atoms with E-state index in [2.05, 4.69) is 26.9 Å². The Morgan fingerprint density at radius 3 is 2.43 bits per heavy atom. The van der Waals surface area contributed by atoms with Gasteiger partial charge in [-0.15, -0.1) is 0 Å². The quantitative estimate of drug-likeness (QED) is 0.693. The Bertz CT molecular complexity index is 995. The number of rotatable bonds is 6. The third-order valence-electron chi connectivity index (χ3n) is 5.33. The van der Waals surface area contributed by atoms with E-state index in [1.165, 1.54) is 11.8 Å². The van der Waals surface area contributed by atoms with Crippen LogP contribution in [0.25, 0.3) is 0 Å². The molecule has 3 aromatic rings. The van der Waals surface area contributed by atoms with Gasteiger partial charge in [0.2, 0.25) is 10.0 Å². The first kappa shape index (κ1) is 18.8. The Hall–Kier alpha value is -2.51. The standard InChI is InChI=1S/C21H24N4O2S/c26-28(27,21-14-23-25(16-21)15-17-4-2-1-3-5-17)24-20-8-6-18(7-9-20)19-10-12-22-13-11-19/h1-5,10-14,16,18,20,24H,6-9,15H2. The number of sulfonamides is 1. The molecule has 0 radical (unpaired) electrons. The van der Waals surface area contributed by atoms with Crippen molar-refractivity contribution in [1.29, 1.82) is 0 Å². The molecule has 0 spiro atoms. The summed E-state index contributed by atoms with van der Waals surface area (Å²) in [5.41, 5.74) is 2.37. The number of nitrogens with zero attached hydrogens (tertiary/aromatic N) is 3. The van der Waals surface area contributed by atoms with Crippen LogP contribution in [-0.4, -0.2) is 29.2 Å². The Kier molecular flexibility index (Phi) is 5.54. The molecule has 2 heterocycles. The zero-order chi connectivity index (χ0) is 19.4. The fourth-order valence-electron chi connectivity index (χ4n) is 3.81. The zero-order valence-electron chi connectivity index (χ0n) is 15.6. The highest BCUT2D eigenvalue weighted by molar-refractivity contribution is 7.89. The molecule has 1 saturated carbocycles. The van der Waals surface area contributed by atoms with Gasteiger partial charge in [0.25, 0.3) is 0 Å². The summed E-state index contributed by atoms with van der Waals surface area (Å²) in [5, 5.41) is 4.21. The van der Waals surface area contributed by atoms with E-state index in [9.17, 15) is 8.42 Å². The van der Waals surface area contributed by atoms with Crippen LogP contribution in [0.3, 0.4) is 0 Å². The van der Waals surface area contributed by atoms with Gasteiger partial charge in [0, 0.05) is 24.6 Å². The summed E-state index contributed by atoms with van der Waals surface area (Å²) in [6, 6.07) is 13.9. The topological polar surface area (TPSA) is 76.9 Å². The van der Waals surface area contributed by atoms with E-state index >= 15 is 0 Å². The summed E-state index contributed by atoms with van der Waals surface area (Å²) < 4.78 is 30.0. The molecule has 0 bridgehead atoms. The van der Waals surface area contributed by atoms with E-state index in [0.717, 1.165) is 31.2 Å². The molecule has 4 rings (SSSR count). The molecule has 6 nitrogen and oxygen atoms in total. The van der Waals surface area contributed by atoms with Crippen LogP contribution >= 0.6 is 0 Å². The highest BCUT2D eigenvalue weighted by Crippen LogP contribution is 2.33. The number of aromatic nitrogens is 3. The van der Waals surface area contributed by atoms with Crippen LogP contribution in [0.4, 0.5) is 0 Å². The molecule has 1 fully saturated rings. The SMILES string of the molecule is O=S(=O)(NC1CCC(c2ccncc2)CC1)c1cnn(Cc2ccccc2)c1. The van der Waals surface area contributed by atoms with E-state index in [1.54, 1.807) is 10.9 Å². The second-order valence-electron chi connectivity index (χ2n) is 7.31. The summed E-state index contributed by atoms with van der Waals surface area (Å²) in [5.74, 6) is 0.484. The lowest BCUT2D eigenvalue weighted by molar-refractivity contribution is 0.374. The molecular weight excluding hydrogens is 372 g/mol. The van der Waals surface area contributed by atoms with Crippen molar-refractivity contribution in [2.45, 2.75) is 49.1 Å². The lowest BCUT2D eigenvalue weighted by Crippen LogP contribution is -2.37. The molecule has 0 unspecified atom stereocenters. The number of hydrogen-bond acceptors (Lipinski definition) is 4. The highest BCUT2D eigenvalue weighted by Gasteiger charge is 2.27. The summed E-state index contributed by atoms with van der Waals surface area (Å²) in [7, 11) is -3.56. The smallest absolute Gasteiger partial charge is 0.243 e. The minimum atomic E-state index is -3.56. The number of hydrogen-bond donors (Lipinski definition) is 1. The van der Waals surface area contributed by atoms with Crippen molar-refractivity contribution in [3.63, 3.8) is 0 Å². The van der Waals surface area contributed by atoms with Crippen LogP contribution in [-0.2, 0) is 16.6 Å². The number of pyridine rings is 1. The zero-order valence-corrected chi connectivity index (χ0v) is 16.4. The molecule has 0 aliphatic heterocycles. The van der Waals surface area contributed by atoms with Crippen molar-refractivity contribution in [2.24, 2.45) is 0 Å². The maximum atomic E-state index is 12.7. The maximum Gasteiger partial charge on any atom is 0.243 e. The normalized spacial score (nSPS) is 20.1. The average molecular weight is 397 g/mol. The molecule has 7 heteroatoms. The van der Waals surface area contributed by atoms with Crippen molar-refractivity contribution in [2.75, 3.05) is 0 Å². The van der Waals surface area contributed by atoms with Crippen molar-refractivity contribution in [3.8, 4) is 0 Å². The molecular formula is C21H24N4O2S. The predicted molar refractivity (Wildman–Crippen MR) is 107 cm³/mol. The van der Waals surface area contributed by atoms with Crippen LogP contribution in [0.2, 0.25) is 0 Å². The first-order valence-corrected chi connectivity index (χ1v) is 11.1. The largest absolute Gasteiger partial charge is 0.267 e. The fraction of sp³-hybridized carbons (Fsp3) is 0.333. The minimum absolute atomic E-state index is 0.0273.